The average molecular weight is 429 g/mol. The van der Waals surface area contributed by atoms with Gasteiger partial charge in [-0.3, -0.25) is 4.79 Å². The molecule has 0 aliphatic heterocycles. The Morgan fingerprint density at radius 2 is 1.68 bits per heavy atom. The molecule has 2 aromatic rings. The average Bonchev–Trinajstić information content (AvgIpc) is 2.70. The summed E-state index contributed by atoms with van der Waals surface area (Å²) in [6, 6.07) is 14.3. The van der Waals surface area contributed by atoms with Gasteiger partial charge in [-0.2, -0.15) is 0 Å². The second-order valence-corrected chi connectivity index (χ2v) is 7.78. The first-order chi connectivity index (χ1) is 14.6. The first-order valence-electron chi connectivity index (χ1n) is 9.81. The maximum atomic E-state index is 12.2. The van der Waals surface area contributed by atoms with E-state index in [1.54, 1.807) is 39.0 Å². The van der Waals surface area contributed by atoms with Crippen molar-refractivity contribution in [3.8, 4) is 11.5 Å². The topological polar surface area (TPSA) is 111 Å². The lowest BCUT2D eigenvalue weighted by atomic mass is 10.1. The van der Waals surface area contributed by atoms with E-state index in [4.69, 9.17) is 19.3 Å². The molecule has 2 N–H and O–H groups in total. The second kappa shape index (κ2) is 11.0. The molecule has 0 unspecified atom stereocenters. The number of carboxylic acids is 1. The highest BCUT2D eigenvalue weighted by molar-refractivity contribution is 5.80. The highest BCUT2D eigenvalue weighted by Crippen LogP contribution is 2.30. The minimum Gasteiger partial charge on any atom is -0.485 e. The van der Waals surface area contributed by atoms with Crippen LogP contribution < -0.4 is 14.8 Å². The molecule has 0 bridgehead atoms. The molecule has 0 atom stereocenters. The Hall–Kier alpha value is -3.55. The van der Waals surface area contributed by atoms with Crippen molar-refractivity contribution in [1.82, 2.24) is 5.32 Å². The number of amides is 1. The van der Waals surface area contributed by atoms with Crippen LogP contribution in [0.15, 0.2) is 48.5 Å². The number of aliphatic carboxylic acids is 1. The Morgan fingerprint density at radius 1 is 0.968 bits per heavy atom. The zero-order valence-electron chi connectivity index (χ0n) is 17.8. The number of nitrogens with one attached hydrogen (secondary N) is 1. The van der Waals surface area contributed by atoms with E-state index in [2.05, 4.69) is 5.32 Å². The Kier molecular flexibility index (Phi) is 8.43. The number of esters is 1. The Morgan fingerprint density at radius 3 is 2.32 bits per heavy atom. The molecule has 0 aliphatic rings. The van der Waals surface area contributed by atoms with Gasteiger partial charge in [0.1, 0.15) is 18.8 Å². The monoisotopic (exact) mass is 429 g/mol. The summed E-state index contributed by atoms with van der Waals surface area (Å²) >= 11 is 0. The lowest BCUT2D eigenvalue weighted by Gasteiger charge is -2.19. The molecule has 0 aliphatic carbocycles. The summed E-state index contributed by atoms with van der Waals surface area (Å²) in [6.45, 7) is 5.01. The van der Waals surface area contributed by atoms with Crippen molar-refractivity contribution in [1.29, 1.82) is 0 Å². The number of benzene rings is 2. The molecule has 0 saturated carbocycles. The number of carboxylic acid groups (broad SMARTS) is 1. The molecule has 8 heteroatoms. The molecular formula is C23H27NO7. The van der Waals surface area contributed by atoms with E-state index in [-0.39, 0.29) is 25.3 Å². The van der Waals surface area contributed by atoms with Crippen LogP contribution in [0.5, 0.6) is 11.5 Å². The fraction of sp³-hybridized carbons (Fsp3) is 0.348. The zero-order chi connectivity index (χ0) is 22.9. The summed E-state index contributed by atoms with van der Waals surface area (Å²) in [5.74, 6) is -1.13. The van der Waals surface area contributed by atoms with Crippen molar-refractivity contribution in [2.75, 3.05) is 6.54 Å². The smallest absolute Gasteiger partial charge is 0.408 e. The van der Waals surface area contributed by atoms with E-state index >= 15 is 0 Å². The zero-order valence-corrected chi connectivity index (χ0v) is 17.8. The van der Waals surface area contributed by atoms with Gasteiger partial charge in [-0.05, 0) is 50.5 Å². The quantitative estimate of drug-likeness (QED) is 0.462. The van der Waals surface area contributed by atoms with Gasteiger partial charge in [-0.15, -0.1) is 0 Å². The van der Waals surface area contributed by atoms with E-state index in [0.717, 1.165) is 11.1 Å². The molecule has 0 radical (unpaired) electrons. The van der Waals surface area contributed by atoms with Crippen molar-refractivity contribution in [2.24, 2.45) is 0 Å². The molecule has 0 fully saturated rings. The third-order valence-corrected chi connectivity index (χ3v) is 3.87. The van der Waals surface area contributed by atoms with Crippen molar-refractivity contribution >= 4 is 18.0 Å². The molecule has 2 aromatic carbocycles. The van der Waals surface area contributed by atoms with Gasteiger partial charge in [0.2, 0.25) is 0 Å². The van der Waals surface area contributed by atoms with E-state index < -0.39 is 23.6 Å². The van der Waals surface area contributed by atoms with E-state index in [9.17, 15) is 14.4 Å². The SMILES string of the molecule is CC(C)(C)OC(=O)NCC(=O)Oc1ccc(CCC(=O)O)cc1OCc1ccccc1. The van der Waals surface area contributed by atoms with Crippen molar-refractivity contribution in [2.45, 2.75) is 45.8 Å². The maximum absolute atomic E-state index is 12.2. The van der Waals surface area contributed by atoms with Crippen LogP contribution in [0.1, 0.15) is 38.3 Å². The number of ether oxygens (including phenoxy) is 3. The van der Waals surface area contributed by atoms with Gasteiger partial charge >= 0.3 is 18.0 Å². The van der Waals surface area contributed by atoms with Gasteiger partial charge in [-0.1, -0.05) is 36.4 Å². The molecule has 166 valence electrons. The lowest BCUT2D eigenvalue weighted by molar-refractivity contribution is -0.137. The molecule has 31 heavy (non-hydrogen) atoms. The summed E-state index contributed by atoms with van der Waals surface area (Å²) < 4.78 is 16.3. The van der Waals surface area contributed by atoms with Gasteiger partial charge in [0.25, 0.3) is 0 Å². The fourth-order valence-corrected chi connectivity index (χ4v) is 2.51. The van der Waals surface area contributed by atoms with Crippen LogP contribution in [0.4, 0.5) is 4.79 Å². The van der Waals surface area contributed by atoms with E-state index in [1.165, 1.54) is 0 Å². The lowest BCUT2D eigenvalue weighted by Crippen LogP contribution is -2.36. The van der Waals surface area contributed by atoms with Crippen molar-refractivity contribution in [3.63, 3.8) is 0 Å². The van der Waals surface area contributed by atoms with Crippen LogP contribution >= 0.6 is 0 Å². The van der Waals surface area contributed by atoms with Crippen LogP contribution in [0.2, 0.25) is 0 Å². The van der Waals surface area contributed by atoms with Gasteiger partial charge in [0.15, 0.2) is 11.5 Å². The molecule has 0 spiro atoms. The molecule has 0 saturated heterocycles. The molecular weight excluding hydrogens is 402 g/mol. The normalized spacial score (nSPS) is 10.8. The van der Waals surface area contributed by atoms with E-state index in [0.29, 0.717) is 12.2 Å². The van der Waals surface area contributed by atoms with Crippen LogP contribution in [0, 0.1) is 0 Å². The Balaban J connectivity index is 2.06. The Labute approximate surface area is 181 Å². The third-order valence-electron chi connectivity index (χ3n) is 3.87. The van der Waals surface area contributed by atoms with Crippen LogP contribution in [0.3, 0.4) is 0 Å². The van der Waals surface area contributed by atoms with Crippen LogP contribution in [-0.4, -0.2) is 35.3 Å². The molecule has 0 heterocycles. The Bertz CT molecular complexity index is 904. The molecule has 2 rings (SSSR count). The fourth-order valence-electron chi connectivity index (χ4n) is 2.51. The van der Waals surface area contributed by atoms with Gasteiger partial charge in [0, 0.05) is 6.42 Å². The molecule has 8 nitrogen and oxygen atoms in total. The second-order valence-electron chi connectivity index (χ2n) is 7.78. The highest BCUT2D eigenvalue weighted by atomic mass is 16.6. The van der Waals surface area contributed by atoms with Crippen LogP contribution in [0.25, 0.3) is 0 Å². The number of alkyl carbamates (subject to hydrolysis) is 1. The van der Waals surface area contributed by atoms with E-state index in [1.807, 2.05) is 30.3 Å². The van der Waals surface area contributed by atoms with Gasteiger partial charge in [-0.25, -0.2) is 9.59 Å². The maximum Gasteiger partial charge on any atom is 0.408 e. The van der Waals surface area contributed by atoms with Crippen molar-refractivity contribution in [3.05, 3.63) is 59.7 Å². The van der Waals surface area contributed by atoms with Gasteiger partial charge in [0.05, 0.1) is 0 Å². The first kappa shape index (κ1) is 23.7. The third kappa shape index (κ3) is 9.20. The predicted octanol–water partition coefficient (Wildman–Crippen LogP) is 3.71. The van der Waals surface area contributed by atoms with Gasteiger partial charge < -0.3 is 24.6 Å². The number of hydrogen-bond donors (Lipinski definition) is 2. The first-order valence-corrected chi connectivity index (χ1v) is 9.81. The highest BCUT2D eigenvalue weighted by Gasteiger charge is 2.18. The summed E-state index contributed by atoms with van der Waals surface area (Å²) in [7, 11) is 0. The number of carbonyl (C=O) groups excluding carboxylic acids is 2. The predicted molar refractivity (Wildman–Crippen MR) is 113 cm³/mol. The summed E-state index contributed by atoms with van der Waals surface area (Å²) in [4.78, 5) is 34.7. The van der Waals surface area contributed by atoms with Crippen molar-refractivity contribution < 1.29 is 33.7 Å². The molecule has 0 aromatic heterocycles. The number of carbonyl (C=O) groups is 3. The summed E-state index contributed by atoms with van der Waals surface area (Å²) in [5.41, 5.74) is 0.970. The number of hydrogen-bond acceptors (Lipinski definition) is 6. The summed E-state index contributed by atoms with van der Waals surface area (Å²) in [6.07, 6.45) is -0.447. The minimum atomic E-state index is -0.907. The largest absolute Gasteiger partial charge is 0.485 e. The van der Waals surface area contributed by atoms with Crippen LogP contribution in [-0.2, 0) is 27.4 Å². The standard InChI is InChI=1S/C23H27NO7/c1-23(2,3)31-22(28)24-14-21(27)30-18-11-9-16(10-12-20(25)26)13-19(18)29-15-17-7-5-4-6-8-17/h4-9,11,13H,10,12,14-15H2,1-3H3,(H,24,28)(H,25,26). The summed E-state index contributed by atoms with van der Waals surface area (Å²) in [5, 5.41) is 11.2. The molecule has 1 amide bonds. The minimum absolute atomic E-state index is 0.0307. The number of aryl methyl sites for hydroxylation is 1. The number of rotatable bonds is 9.